The van der Waals surface area contributed by atoms with Gasteiger partial charge in [-0.25, -0.2) is 4.98 Å². The van der Waals surface area contributed by atoms with Crippen LogP contribution in [0.5, 0.6) is 5.75 Å². The van der Waals surface area contributed by atoms with Gasteiger partial charge in [-0.1, -0.05) is 18.2 Å². The van der Waals surface area contributed by atoms with E-state index in [4.69, 9.17) is 4.74 Å². The summed E-state index contributed by atoms with van der Waals surface area (Å²) < 4.78 is 5.79. The molecule has 0 amide bonds. The lowest BCUT2D eigenvalue weighted by Crippen LogP contribution is -2.37. The SMILES string of the molecule is CN=C(NCCCOc1ccccc1C)NCc1sc(C)nc1C. The van der Waals surface area contributed by atoms with Crippen molar-refractivity contribution in [3.63, 3.8) is 0 Å². The van der Waals surface area contributed by atoms with Crippen molar-refractivity contribution in [3.8, 4) is 5.75 Å². The summed E-state index contributed by atoms with van der Waals surface area (Å²) in [6.45, 7) is 8.37. The van der Waals surface area contributed by atoms with Gasteiger partial charge in [-0.3, -0.25) is 4.99 Å². The Morgan fingerprint density at radius 2 is 2.00 bits per heavy atom. The van der Waals surface area contributed by atoms with Crippen LogP contribution in [0.25, 0.3) is 0 Å². The number of hydrogen-bond donors (Lipinski definition) is 2. The number of hydrogen-bond acceptors (Lipinski definition) is 4. The van der Waals surface area contributed by atoms with Gasteiger partial charge in [0.1, 0.15) is 5.75 Å². The average Bonchev–Trinajstić information content (AvgIpc) is 2.89. The molecule has 0 radical (unpaired) electrons. The van der Waals surface area contributed by atoms with E-state index in [1.54, 1.807) is 18.4 Å². The van der Waals surface area contributed by atoms with Crippen LogP contribution in [0, 0.1) is 20.8 Å². The van der Waals surface area contributed by atoms with E-state index in [1.165, 1.54) is 4.88 Å². The molecule has 0 aliphatic heterocycles. The number of benzene rings is 1. The number of rotatable bonds is 7. The van der Waals surface area contributed by atoms with E-state index in [1.807, 2.05) is 32.0 Å². The number of nitrogens with one attached hydrogen (secondary N) is 2. The Bertz CT molecular complexity index is 681. The first-order chi connectivity index (χ1) is 11.6. The number of aliphatic imine (C=N–C) groups is 1. The fraction of sp³-hybridized carbons (Fsp3) is 0.444. The molecule has 0 aliphatic carbocycles. The molecule has 0 bridgehead atoms. The van der Waals surface area contributed by atoms with E-state index >= 15 is 0 Å². The molecule has 24 heavy (non-hydrogen) atoms. The molecule has 1 aromatic carbocycles. The van der Waals surface area contributed by atoms with Gasteiger partial charge in [0.2, 0.25) is 0 Å². The van der Waals surface area contributed by atoms with Crippen molar-refractivity contribution in [1.82, 2.24) is 15.6 Å². The standard InChI is InChI=1S/C18H26N4OS/c1-13-8-5-6-9-16(13)23-11-7-10-20-18(19-4)21-12-17-14(2)22-15(3)24-17/h5-6,8-9H,7,10-12H2,1-4H3,(H2,19,20,21). The third-order valence-electron chi connectivity index (χ3n) is 3.60. The van der Waals surface area contributed by atoms with E-state index in [2.05, 4.69) is 33.6 Å². The molecule has 130 valence electrons. The largest absolute Gasteiger partial charge is 0.493 e. The van der Waals surface area contributed by atoms with Crippen LogP contribution in [0.2, 0.25) is 0 Å². The zero-order valence-electron chi connectivity index (χ0n) is 14.8. The molecule has 1 heterocycles. The quantitative estimate of drug-likeness (QED) is 0.459. The smallest absolute Gasteiger partial charge is 0.191 e. The van der Waals surface area contributed by atoms with E-state index < -0.39 is 0 Å². The number of para-hydroxylation sites is 1. The summed E-state index contributed by atoms with van der Waals surface area (Å²) >= 11 is 1.72. The second kappa shape index (κ2) is 9.27. The number of aryl methyl sites for hydroxylation is 3. The topological polar surface area (TPSA) is 58.5 Å². The maximum atomic E-state index is 5.79. The molecular weight excluding hydrogens is 320 g/mol. The molecule has 5 nitrogen and oxygen atoms in total. The van der Waals surface area contributed by atoms with Gasteiger partial charge < -0.3 is 15.4 Å². The number of aromatic nitrogens is 1. The van der Waals surface area contributed by atoms with Crippen LogP contribution in [-0.2, 0) is 6.54 Å². The molecule has 0 atom stereocenters. The van der Waals surface area contributed by atoms with Crippen molar-refractivity contribution in [3.05, 3.63) is 45.4 Å². The average molecular weight is 347 g/mol. The summed E-state index contributed by atoms with van der Waals surface area (Å²) in [4.78, 5) is 9.93. The molecular formula is C18H26N4OS. The van der Waals surface area contributed by atoms with Crippen LogP contribution in [0.15, 0.2) is 29.3 Å². The number of thiazole rings is 1. The van der Waals surface area contributed by atoms with Crippen molar-refractivity contribution in [2.45, 2.75) is 33.7 Å². The predicted octanol–water partition coefficient (Wildman–Crippen LogP) is 3.20. The van der Waals surface area contributed by atoms with Gasteiger partial charge in [-0.15, -0.1) is 11.3 Å². The second-order valence-corrected chi connectivity index (χ2v) is 6.85. The van der Waals surface area contributed by atoms with Crippen molar-refractivity contribution in [2.24, 2.45) is 4.99 Å². The van der Waals surface area contributed by atoms with Crippen molar-refractivity contribution in [2.75, 3.05) is 20.2 Å². The Hall–Kier alpha value is -2.08. The summed E-state index contributed by atoms with van der Waals surface area (Å²) in [5.41, 5.74) is 2.25. The molecule has 0 spiro atoms. The number of ether oxygens (including phenoxy) is 1. The fourth-order valence-corrected chi connectivity index (χ4v) is 3.18. The van der Waals surface area contributed by atoms with Crippen LogP contribution in [0.4, 0.5) is 0 Å². The molecule has 0 saturated heterocycles. The van der Waals surface area contributed by atoms with Gasteiger partial charge in [0.05, 0.1) is 23.9 Å². The van der Waals surface area contributed by atoms with Crippen LogP contribution in [-0.4, -0.2) is 31.1 Å². The first-order valence-electron chi connectivity index (χ1n) is 8.16. The lowest BCUT2D eigenvalue weighted by atomic mass is 10.2. The Morgan fingerprint density at radius 3 is 2.67 bits per heavy atom. The molecule has 2 N–H and O–H groups in total. The molecule has 0 aliphatic rings. The van der Waals surface area contributed by atoms with E-state index in [0.717, 1.165) is 47.5 Å². The highest BCUT2D eigenvalue weighted by Gasteiger charge is 2.05. The van der Waals surface area contributed by atoms with Crippen LogP contribution in [0.3, 0.4) is 0 Å². The minimum atomic E-state index is 0.683. The summed E-state index contributed by atoms with van der Waals surface area (Å²) in [5, 5.41) is 7.73. The molecule has 0 saturated carbocycles. The monoisotopic (exact) mass is 346 g/mol. The molecule has 6 heteroatoms. The molecule has 2 rings (SSSR count). The van der Waals surface area contributed by atoms with E-state index in [-0.39, 0.29) is 0 Å². The minimum absolute atomic E-state index is 0.683. The predicted molar refractivity (Wildman–Crippen MR) is 101 cm³/mol. The Morgan fingerprint density at radius 1 is 1.21 bits per heavy atom. The molecule has 0 unspecified atom stereocenters. The third kappa shape index (κ3) is 5.53. The Balaban J connectivity index is 1.67. The summed E-state index contributed by atoms with van der Waals surface area (Å²) in [6, 6.07) is 8.08. The van der Waals surface area contributed by atoms with Crippen molar-refractivity contribution < 1.29 is 4.74 Å². The van der Waals surface area contributed by atoms with Gasteiger partial charge in [-0.05, 0) is 38.8 Å². The highest BCUT2D eigenvalue weighted by Crippen LogP contribution is 2.17. The lowest BCUT2D eigenvalue weighted by Gasteiger charge is -2.12. The zero-order valence-corrected chi connectivity index (χ0v) is 15.7. The third-order valence-corrected chi connectivity index (χ3v) is 4.68. The van der Waals surface area contributed by atoms with Gasteiger partial charge in [0.25, 0.3) is 0 Å². The first kappa shape index (κ1) is 18.3. The Labute approximate surface area is 148 Å². The zero-order chi connectivity index (χ0) is 17.4. The maximum absolute atomic E-state index is 5.79. The number of nitrogens with zero attached hydrogens (tertiary/aromatic N) is 2. The fourth-order valence-electron chi connectivity index (χ4n) is 2.30. The summed E-state index contributed by atoms with van der Waals surface area (Å²) in [6.07, 6.45) is 0.910. The van der Waals surface area contributed by atoms with Crippen LogP contribution < -0.4 is 15.4 Å². The maximum Gasteiger partial charge on any atom is 0.191 e. The van der Waals surface area contributed by atoms with Crippen LogP contribution in [0.1, 0.15) is 27.6 Å². The van der Waals surface area contributed by atoms with Gasteiger partial charge in [-0.2, -0.15) is 0 Å². The van der Waals surface area contributed by atoms with Gasteiger partial charge in [0.15, 0.2) is 5.96 Å². The van der Waals surface area contributed by atoms with E-state index in [9.17, 15) is 0 Å². The van der Waals surface area contributed by atoms with Crippen molar-refractivity contribution >= 4 is 17.3 Å². The summed E-state index contributed by atoms with van der Waals surface area (Å²) in [5.74, 6) is 1.76. The summed E-state index contributed by atoms with van der Waals surface area (Å²) in [7, 11) is 1.78. The van der Waals surface area contributed by atoms with Gasteiger partial charge in [0, 0.05) is 18.5 Å². The van der Waals surface area contributed by atoms with E-state index in [0.29, 0.717) is 6.61 Å². The van der Waals surface area contributed by atoms with Crippen LogP contribution >= 0.6 is 11.3 Å². The lowest BCUT2D eigenvalue weighted by molar-refractivity contribution is 0.309. The second-order valence-electron chi connectivity index (χ2n) is 5.56. The molecule has 2 aromatic rings. The molecule has 0 fully saturated rings. The normalized spacial score (nSPS) is 11.4. The molecule has 1 aromatic heterocycles. The highest BCUT2D eigenvalue weighted by atomic mass is 32.1. The highest BCUT2D eigenvalue weighted by molar-refractivity contribution is 7.11. The first-order valence-corrected chi connectivity index (χ1v) is 8.97. The minimum Gasteiger partial charge on any atom is -0.493 e. The van der Waals surface area contributed by atoms with Crippen molar-refractivity contribution in [1.29, 1.82) is 0 Å². The van der Waals surface area contributed by atoms with Gasteiger partial charge >= 0.3 is 0 Å². The Kier molecular flexibility index (Phi) is 7.06. The number of guanidine groups is 1.